The van der Waals surface area contributed by atoms with Crippen molar-refractivity contribution < 1.29 is 9.59 Å². The molecule has 3 rings (SSSR count). The Morgan fingerprint density at radius 3 is 2.55 bits per heavy atom. The van der Waals surface area contributed by atoms with Crippen LogP contribution in [-0.2, 0) is 4.79 Å². The lowest BCUT2D eigenvalue weighted by molar-refractivity contribution is -0.124. The number of amides is 2. The zero-order valence-corrected chi connectivity index (χ0v) is 12.7. The van der Waals surface area contributed by atoms with Crippen LogP contribution < -0.4 is 16.0 Å². The fourth-order valence-electron chi connectivity index (χ4n) is 3.61. The Morgan fingerprint density at radius 1 is 1.09 bits per heavy atom. The van der Waals surface area contributed by atoms with Crippen molar-refractivity contribution in [1.82, 2.24) is 16.0 Å². The van der Waals surface area contributed by atoms with Gasteiger partial charge in [-0.3, -0.25) is 9.59 Å². The molecule has 0 radical (unpaired) electrons. The average molecular weight is 301 g/mol. The van der Waals surface area contributed by atoms with E-state index in [4.69, 9.17) is 0 Å². The van der Waals surface area contributed by atoms with Crippen LogP contribution >= 0.6 is 0 Å². The van der Waals surface area contributed by atoms with E-state index >= 15 is 0 Å². The average Bonchev–Trinajstić information content (AvgIpc) is 2.70. The number of rotatable bonds is 2. The minimum atomic E-state index is -0.511. The smallest absolute Gasteiger partial charge is 0.251 e. The van der Waals surface area contributed by atoms with E-state index < -0.39 is 6.04 Å². The number of benzene rings is 1. The Kier molecular flexibility index (Phi) is 4.43. The Hall–Kier alpha value is -1.88. The van der Waals surface area contributed by atoms with Crippen LogP contribution in [0.5, 0.6) is 0 Å². The second-order valence-electron chi connectivity index (χ2n) is 6.21. The van der Waals surface area contributed by atoms with Gasteiger partial charge in [0.25, 0.3) is 5.91 Å². The van der Waals surface area contributed by atoms with Crippen molar-refractivity contribution in [2.24, 2.45) is 0 Å². The van der Waals surface area contributed by atoms with E-state index in [9.17, 15) is 9.59 Å². The van der Waals surface area contributed by atoms with Gasteiger partial charge in [0.15, 0.2) is 0 Å². The maximum absolute atomic E-state index is 12.5. The topological polar surface area (TPSA) is 70.2 Å². The molecule has 0 unspecified atom stereocenters. The van der Waals surface area contributed by atoms with Crippen LogP contribution in [-0.4, -0.2) is 36.5 Å². The number of carbonyl (C=O) groups is 2. The van der Waals surface area contributed by atoms with E-state index in [0.717, 1.165) is 32.2 Å². The molecule has 1 atom stereocenters. The number of carbonyl (C=O) groups excluding carboxylic acids is 2. The lowest BCUT2D eigenvalue weighted by Crippen LogP contribution is -2.64. The zero-order valence-electron chi connectivity index (χ0n) is 12.7. The molecule has 2 amide bonds. The first-order valence-electron chi connectivity index (χ1n) is 8.10. The largest absolute Gasteiger partial charge is 0.353 e. The highest BCUT2D eigenvalue weighted by atomic mass is 16.2. The third-order valence-electron chi connectivity index (χ3n) is 4.77. The summed E-state index contributed by atoms with van der Waals surface area (Å²) in [6.07, 6.45) is 5.25. The Morgan fingerprint density at radius 2 is 1.82 bits per heavy atom. The molecule has 5 heteroatoms. The summed E-state index contributed by atoms with van der Waals surface area (Å²) in [7, 11) is 0. The van der Waals surface area contributed by atoms with Gasteiger partial charge in [0.05, 0.1) is 0 Å². The standard InChI is InChI=1S/C17H23N3O2/c21-15(13-7-3-1-4-8-13)20-14-16(22)18-11-12-19-17(14)9-5-2-6-10-17/h1,3-4,7-8,14,19H,2,5-6,9-12H2,(H,18,22)(H,20,21)/t14-/m0/s1. The van der Waals surface area contributed by atoms with E-state index in [1.54, 1.807) is 12.1 Å². The van der Waals surface area contributed by atoms with E-state index in [2.05, 4.69) is 16.0 Å². The predicted molar refractivity (Wildman–Crippen MR) is 84.5 cm³/mol. The summed E-state index contributed by atoms with van der Waals surface area (Å²) in [6.45, 7) is 1.36. The molecule has 2 fully saturated rings. The van der Waals surface area contributed by atoms with Crippen LogP contribution in [0, 0.1) is 0 Å². The lowest BCUT2D eigenvalue weighted by atomic mass is 9.76. The molecule has 1 aliphatic heterocycles. The molecule has 1 spiro atoms. The van der Waals surface area contributed by atoms with Crippen LogP contribution in [0.4, 0.5) is 0 Å². The molecule has 1 saturated carbocycles. The second kappa shape index (κ2) is 6.48. The van der Waals surface area contributed by atoms with E-state index in [0.29, 0.717) is 12.1 Å². The molecular weight excluding hydrogens is 278 g/mol. The normalized spacial score (nSPS) is 24.4. The SMILES string of the molecule is O=C(N[C@H]1C(=O)NCCNC12CCCCC2)c1ccccc1. The fraction of sp³-hybridized carbons (Fsp3) is 0.529. The van der Waals surface area contributed by atoms with Crippen molar-refractivity contribution in [3.63, 3.8) is 0 Å². The van der Waals surface area contributed by atoms with Gasteiger partial charge in [0.1, 0.15) is 6.04 Å². The molecule has 0 aromatic heterocycles. The van der Waals surface area contributed by atoms with Crippen LogP contribution in [0.2, 0.25) is 0 Å². The summed E-state index contributed by atoms with van der Waals surface area (Å²) in [6, 6.07) is 8.56. The number of nitrogens with one attached hydrogen (secondary N) is 3. The molecular formula is C17H23N3O2. The number of hydrogen-bond donors (Lipinski definition) is 3. The molecule has 22 heavy (non-hydrogen) atoms. The highest BCUT2D eigenvalue weighted by molar-refractivity contribution is 5.98. The van der Waals surface area contributed by atoms with Gasteiger partial charge >= 0.3 is 0 Å². The summed E-state index contributed by atoms with van der Waals surface area (Å²) >= 11 is 0. The van der Waals surface area contributed by atoms with E-state index in [1.165, 1.54) is 6.42 Å². The van der Waals surface area contributed by atoms with Crippen LogP contribution in [0.3, 0.4) is 0 Å². The highest BCUT2D eigenvalue weighted by Crippen LogP contribution is 2.32. The Labute approximate surface area is 130 Å². The lowest BCUT2D eigenvalue weighted by Gasteiger charge is -2.42. The third kappa shape index (κ3) is 2.99. The van der Waals surface area contributed by atoms with Crippen molar-refractivity contribution in [3.8, 4) is 0 Å². The molecule has 118 valence electrons. The van der Waals surface area contributed by atoms with Crippen LogP contribution in [0.25, 0.3) is 0 Å². The molecule has 2 aliphatic rings. The summed E-state index contributed by atoms with van der Waals surface area (Å²) in [5.41, 5.74) is 0.286. The van der Waals surface area contributed by atoms with E-state index in [1.807, 2.05) is 18.2 Å². The van der Waals surface area contributed by atoms with Crippen molar-refractivity contribution in [2.45, 2.75) is 43.7 Å². The Bertz CT molecular complexity index is 538. The molecule has 5 nitrogen and oxygen atoms in total. The minimum Gasteiger partial charge on any atom is -0.353 e. The van der Waals surface area contributed by atoms with Crippen molar-refractivity contribution >= 4 is 11.8 Å². The van der Waals surface area contributed by atoms with E-state index in [-0.39, 0.29) is 17.4 Å². The summed E-state index contributed by atoms with van der Waals surface area (Å²) in [5, 5.41) is 9.42. The second-order valence-corrected chi connectivity index (χ2v) is 6.21. The predicted octanol–water partition coefficient (Wildman–Crippen LogP) is 1.21. The van der Waals surface area contributed by atoms with Gasteiger partial charge in [0, 0.05) is 24.2 Å². The van der Waals surface area contributed by atoms with Gasteiger partial charge in [-0.1, -0.05) is 37.5 Å². The molecule has 0 bridgehead atoms. The first-order valence-corrected chi connectivity index (χ1v) is 8.10. The maximum atomic E-state index is 12.5. The molecule has 1 heterocycles. The van der Waals surface area contributed by atoms with Gasteiger partial charge in [-0.05, 0) is 25.0 Å². The molecule has 1 saturated heterocycles. The van der Waals surface area contributed by atoms with Gasteiger partial charge in [0.2, 0.25) is 5.91 Å². The van der Waals surface area contributed by atoms with Gasteiger partial charge in [-0.25, -0.2) is 0 Å². The van der Waals surface area contributed by atoms with Crippen molar-refractivity contribution in [1.29, 1.82) is 0 Å². The number of hydrogen-bond acceptors (Lipinski definition) is 3. The quantitative estimate of drug-likeness (QED) is 0.769. The van der Waals surface area contributed by atoms with Crippen LogP contribution in [0.1, 0.15) is 42.5 Å². The van der Waals surface area contributed by atoms with Gasteiger partial charge in [-0.15, -0.1) is 0 Å². The molecule has 1 aliphatic carbocycles. The minimum absolute atomic E-state index is 0.0730. The monoisotopic (exact) mass is 301 g/mol. The Balaban J connectivity index is 1.83. The fourth-order valence-corrected chi connectivity index (χ4v) is 3.61. The summed E-state index contributed by atoms with van der Waals surface area (Å²) < 4.78 is 0. The molecule has 1 aromatic carbocycles. The van der Waals surface area contributed by atoms with Gasteiger partial charge in [-0.2, -0.15) is 0 Å². The first-order chi connectivity index (χ1) is 10.7. The first kappa shape index (κ1) is 15.0. The highest BCUT2D eigenvalue weighted by Gasteiger charge is 2.45. The van der Waals surface area contributed by atoms with Crippen molar-refractivity contribution in [2.75, 3.05) is 13.1 Å². The van der Waals surface area contributed by atoms with Crippen LogP contribution in [0.15, 0.2) is 30.3 Å². The zero-order chi connectivity index (χ0) is 15.4. The maximum Gasteiger partial charge on any atom is 0.251 e. The summed E-state index contributed by atoms with van der Waals surface area (Å²) in [4.78, 5) is 25.0. The molecule has 3 N–H and O–H groups in total. The van der Waals surface area contributed by atoms with Gasteiger partial charge < -0.3 is 16.0 Å². The molecule has 1 aromatic rings. The summed E-state index contributed by atoms with van der Waals surface area (Å²) in [5.74, 6) is -0.259. The van der Waals surface area contributed by atoms with Crippen molar-refractivity contribution in [3.05, 3.63) is 35.9 Å². The third-order valence-corrected chi connectivity index (χ3v) is 4.77.